The zero-order chi connectivity index (χ0) is 21.8. The van der Waals surface area contributed by atoms with E-state index in [2.05, 4.69) is 51.9 Å². The average molecular weight is 422 g/mol. The van der Waals surface area contributed by atoms with Crippen LogP contribution in [0.5, 0.6) is 0 Å². The Morgan fingerprint density at radius 3 is 2.61 bits per heavy atom. The molecule has 0 aliphatic carbocycles. The Morgan fingerprint density at radius 1 is 1.19 bits per heavy atom. The number of ether oxygens (including phenoxy) is 1. The number of carbonyl (C=O) groups excluding carboxylic acids is 1. The van der Waals surface area contributed by atoms with Gasteiger partial charge in [0, 0.05) is 32.0 Å². The summed E-state index contributed by atoms with van der Waals surface area (Å²) in [5.41, 5.74) is 4.51. The van der Waals surface area contributed by atoms with Gasteiger partial charge in [-0.1, -0.05) is 31.2 Å². The van der Waals surface area contributed by atoms with Gasteiger partial charge in [-0.2, -0.15) is 5.10 Å². The van der Waals surface area contributed by atoms with E-state index >= 15 is 0 Å². The molecule has 0 bridgehead atoms. The van der Waals surface area contributed by atoms with Gasteiger partial charge in [-0.3, -0.25) is 4.79 Å². The number of aryl methyl sites for hydroxylation is 2. The molecule has 7 nitrogen and oxygen atoms in total. The monoisotopic (exact) mass is 421 g/mol. The number of rotatable bonds is 7. The third-order valence-electron chi connectivity index (χ3n) is 6.02. The number of pyridine rings is 1. The number of fused-ring (bicyclic) bond motifs is 1. The molecular formula is C24H31N5O2. The van der Waals surface area contributed by atoms with Gasteiger partial charge in [0.15, 0.2) is 5.65 Å². The molecule has 3 aromatic rings. The Balaban J connectivity index is 1.62. The van der Waals surface area contributed by atoms with Crippen LogP contribution in [0.1, 0.15) is 61.1 Å². The second-order valence-corrected chi connectivity index (χ2v) is 8.07. The molecule has 0 spiro atoms. The molecule has 1 saturated heterocycles. The van der Waals surface area contributed by atoms with E-state index in [1.807, 2.05) is 18.5 Å². The molecular weight excluding hydrogens is 390 g/mol. The van der Waals surface area contributed by atoms with Gasteiger partial charge in [0.1, 0.15) is 0 Å². The van der Waals surface area contributed by atoms with Crippen molar-refractivity contribution in [3.63, 3.8) is 0 Å². The molecule has 7 heteroatoms. The molecule has 1 atom stereocenters. The van der Waals surface area contributed by atoms with Gasteiger partial charge in [0.25, 0.3) is 5.91 Å². The Labute approximate surface area is 183 Å². The number of benzene rings is 1. The van der Waals surface area contributed by atoms with E-state index in [0.717, 1.165) is 61.3 Å². The van der Waals surface area contributed by atoms with Crippen LogP contribution in [0.2, 0.25) is 0 Å². The third kappa shape index (κ3) is 4.56. The lowest BCUT2D eigenvalue weighted by Gasteiger charge is -2.26. The van der Waals surface area contributed by atoms with Crippen molar-refractivity contribution in [3.05, 3.63) is 53.3 Å². The normalized spacial score (nSPS) is 15.7. The Morgan fingerprint density at radius 2 is 1.94 bits per heavy atom. The van der Waals surface area contributed by atoms with Gasteiger partial charge < -0.3 is 15.4 Å². The van der Waals surface area contributed by atoms with Gasteiger partial charge in [-0.05, 0) is 44.2 Å². The highest BCUT2D eigenvalue weighted by atomic mass is 16.5. The highest BCUT2D eigenvalue weighted by molar-refractivity contribution is 6.06. The number of amides is 1. The van der Waals surface area contributed by atoms with Gasteiger partial charge in [0.05, 0.1) is 28.9 Å². The molecule has 1 aliphatic rings. The van der Waals surface area contributed by atoms with E-state index in [9.17, 15) is 4.79 Å². The molecule has 1 aromatic carbocycles. The average Bonchev–Trinajstić information content (AvgIpc) is 3.23. The number of aromatic nitrogens is 3. The highest BCUT2D eigenvalue weighted by Gasteiger charge is 2.23. The molecule has 0 radical (unpaired) electrons. The molecule has 2 aromatic heterocycles. The topological polar surface area (TPSA) is 81.1 Å². The fraction of sp³-hybridized carbons (Fsp3) is 0.458. The fourth-order valence-corrected chi connectivity index (χ4v) is 4.03. The largest absolute Gasteiger partial charge is 0.381 e. The van der Waals surface area contributed by atoms with Gasteiger partial charge >= 0.3 is 0 Å². The molecule has 1 aliphatic heterocycles. The fourth-order valence-electron chi connectivity index (χ4n) is 4.03. The predicted octanol–water partition coefficient (Wildman–Crippen LogP) is 4.10. The third-order valence-corrected chi connectivity index (χ3v) is 6.02. The number of nitrogens with zero attached hydrogens (tertiary/aromatic N) is 3. The van der Waals surface area contributed by atoms with E-state index in [1.54, 1.807) is 12.4 Å². The summed E-state index contributed by atoms with van der Waals surface area (Å²) in [6, 6.07) is 8.54. The molecule has 1 fully saturated rings. The van der Waals surface area contributed by atoms with Crippen LogP contribution in [0.25, 0.3) is 11.0 Å². The van der Waals surface area contributed by atoms with Crippen LogP contribution in [-0.2, 0) is 17.7 Å². The van der Waals surface area contributed by atoms with Crippen LogP contribution in [-0.4, -0.2) is 39.9 Å². The van der Waals surface area contributed by atoms with Gasteiger partial charge in [-0.25, -0.2) is 9.67 Å². The van der Waals surface area contributed by atoms with Crippen LogP contribution in [0.15, 0.2) is 36.7 Å². The number of hydrogen-bond acceptors (Lipinski definition) is 5. The van der Waals surface area contributed by atoms with Crippen molar-refractivity contribution in [1.29, 1.82) is 0 Å². The van der Waals surface area contributed by atoms with Crippen molar-refractivity contribution in [1.82, 2.24) is 20.1 Å². The van der Waals surface area contributed by atoms with E-state index < -0.39 is 0 Å². The summed E-state index contributed by atoms with van der Waals surface area (Å²) in [7, 11) is 0. The maximum absolute atomic E-state index is 13.3. The number of hydrogen-bond donors (Lipinski definition) is 2. The number of nitrogens with one attached hydrogen (secondary N) is 2. The Kier molecular flexibility index (Phi) is 6.51. The van der Waals surface area contributed by atoms with Crippen molar-refractivity contribution < 1.29 is 9.53 Å². The summed E-state index contributed by atoms with van der Waals surface area (Å²) in [4.78, 5) is 17.9. The van der Waals surface area contributed by atoms with Crippen LogP contribution in [0.4, 0.5) is 5.69 Å². The quantitative estimate of drug-likeness (QED) is 0.600. The maximum atomic E-state index is 13.3. The molecule has 4 rings (SSSR count). The van der Waals surface area contributed by atoms with Crippen molar-refractivity contribution in [2.45, 2.75) is 58.7 Å². The second-order valence-electron chi connectivity index (χ2n) is 8.07. The van der Waals surface area contributed by atoms with Crippen LogP contribution < -0.4 is 10.6 Å². The van der Waals surface area contributed by atoms with Crippen molar-refractivity contribution in [2.75, 3.05) is 18.5 Å². The molecule has 1 amide bonds. The standard InChI is InChI=1S/C24H31N5O2/c1-4-17-6-8-18(9-7-17)16(3)27-24(30)21-14-25-23-20(15-26-29(23)5-2)22(21)28-19-10-12-31-13-11-19/h6-9,14-16,19H,4-5,10-13H2,1-3H3,(H,25,28)(H,27,30)/t16-/m1/s1. The van der Waals surface area contributed by atoms with Crippen LogP contribution in [0.3, 0.4) is 0 Å². The zero-order valence-corrected chi connectivity index (χ0v) is 18.5. The van der Waals surface area contributed by atoms with E-state index in [0.29, 0.717) is 5.56 Å². The smallest absolute Gasteiger partial charge is 0.255 e. The summed E-state index contributed by atoms with van der Waals surface area (Å²) >= 11 is 0. The Bertz CT molecular complexity index is 1040. The summed E-state index contributed by atoms with van der Waals surface area (Å²) in [5, 5.41) is 12.1. The molecule has 0 saturated carbocycles. The lowest BCUT2D eigenvalue weighted by atomic mass is 10.0. The zero-order valence-electron chi connectivity index (χ0n) is 18.5. The SMILES string of the molecule is CCc1ccc([C@@H](C)NC(=O)c2cnc3c(cnn3CC)c2NC2CCOCC2)cc1. The summed E-state index contributed by atoms with van der Waals surface area (Å²) in [5.74, 6) is -0.139. The minimum Gasteiger partial charge on any atom is -0.381 e. The van der Waals surface area contributed by atoms with Crippen molar-refractivity contribution in [2.24, 2.45) is 0 Å². The summed E-state index contributed by atoms with van der Waals surface area (Å²) in [6.07, 6.45) is 6.29. The van der Waals surface area contributed by atoms with Crippen molar-refractivity contribution >= 4 is 22.6 Å². The summed E-state index contributed by atoms with van der Waals surface area (Å²) in [6.45, 7) is 8.36. The lowest BCUT2D eigenvalue weighted by molar-refractivity contribution is 0.0903. The predicted molar refractivity (Wildman–Crippen MR) is 122 cm³/mol. The first-order valence-electron chi connectivity index (χ1n) is 11.2. The molecule has 31 heavy (non-hydrogen) atoms. The first-order chi connectivity index (χ1) is 15.1. The second kappa shape index (κ2) is 9.47. The Hall–Kier alpha value is -2.93. The number of anilines is 1. The number of carbonyl (C=O) groups is 1. The molecule has 0 unspecified atom stereocenters. The van der Waals surface area contributed by atoms with Crippen LogP contribution >= 0.6 is 0 Å². The highest BCUT2D eigenvalue weighted by Crippen LogP contribution is 2.29. The van der Waals surface area contributed by atoms with Crippen LogP contribution in [0, 0.1) is 0 Å². The maximum Gasteiger partial charge on any atom is 0.255 e. The van der Waals surface area contributed by atoms with E-state index in [1.165, 1.54) is 5.56 Å². The van der Waals surface area contributed by atoms with E-state index in [-0.39, 0.29) is 18.0 Å². The molecule has 164 valence electrons. The molecule has 3 heterocycles. The van der Waals surface area contributed by atoms with Gasteiger partial charge in [0.2, 0.25) is 0 Å². The lowest BCUT2D eigenvalue weighted by Crippen LogP contribution is -2.31. The first-order valence-corrected chi connectivity index (χ1v) is 11.2. The minimum atomic E-state index is -0.139. The van der Waals surface area contributed by atoms with Crippen molar-refractivity contribution in [3.8, 4) is 0 Å². The summed E-state index contributed by atoms with van der Waals surface area (Å²) < 4.78 is 7.35. The van der Waals surface area contributed by atoms with Gasteiger partial charge in [-0.15, -0.1) is 0 Å². The first kappa shape index (κ1) is 21.3. The minimum absolute atomic E-state index is 0.108. The van der Waals surface area contributed by atoms with E-state index in [4.69, 9.17) is 4.74 Å². The molecule has 2 N–H and O–H groups in total.